The van der Waals surface area contributed by atoms with Crippen molar-refractivity contribution in [3.63, 3.8) is 0 Å². The average molecular weight is 581 g/mol. The monoisotopic (exact) mass is 580 g/mol. The first-order valence-electron chi connectivity index (χ1n) is 12.3. The average Bonchev–Trinajstić information content (AvgIpc) is 3.47. The van der Waals surface area contributed by atoms with E-state index in [1.54, 1.807) is 4.57 Å². The lowest BCUT2D eigenvalue weighted by molar-refractivity contribution is 0.0584. The van der Waals surface area contributed by atoms with Crippen molar-refractivity contribution < 1.29 is 33.7 Å². The number of methoxy groups -OCH3 is 2. The van der Waals surface area contributed by atoms with Crippen molar-refractivity contribution in [1.82, 2.24) is 19.1 Å². The molecule has 0 spiro atoms. The second-order valence-corrected chi connectivity index (χ2v) is 22.2. The van der Waals surface area contributed by atoms with Gasteiger partial charge >= 0.3 is 11.9 Å². The standard InChI is InChI=1S/C12H21N3O4Si.C12H19N3O3Si/c1-18-12(16)10-8-15(11(14-10)7-13-17)9-19-5-6-20(2,3)4;1-17-12(16)10-8-15(11(7-13)14-10)9-18-5-6-19(2,3)4/h7-8,17H,5-6,9H2,1-4H3;8H,5-6,9H2,1-4H3/b13-7+;. The molecule has 0 radical (unpaired) electrons. The van der Waals surface area contributed by atoms with Gasteiger partial charge in [0.05, 0.1) is 14.2 Å². The van der Waals surface area contributed by atoms with E-state index in [-0.39, 0.29) is 30.7 Å². The van der Waals surface area contributed by atoms with Crippen LogP contribution in [0.2, 0.25) is 51.4 Å². The lowest BCUT2D eigenvalue weighted by Crippen LogP contribution is -2.22. The quantitative estimate of drug-likeness (QED) is 0.0924. The van der Waals surface area contributed by atoms with Gasteiger partial charge in [0.2, 0.25) is 5.82 Å². The molecule has 0 fully saturated rings. The van der Waals surface area contributed by atoms with Crippen LogP contribution >= 0.6 is 0 Å². The van der Waals surface area contributed by atoms with E-state index in [1.807, 2.05) is 6.07 Å². The van der Waals surface area contributed by atoms with Crippen LogP contribution in [0.3, 0.4) is 0 Å². The summed E-state index contributed by atoms with van der Waals surface area (Å²) < 4.78 is 23.4. The lowest BCUT2D eigenvalue weighted by Gasteiger charge is -2.15. The summed E-state index contributed by atoms with van der Waals surface area (Å²) in [6.45, 7) is 15.4. The third-order valence-corrected chi connectivity index (χ3v) is 8.51. The molecule has 39 heavy (non-hydrogen) atoms. The second kappa shape index (κ2) is 15.9. The van der Waals surface area contributed by atoms with E-state index >= 15 is 0 Å². The first-order valence-corrected chi connectivity index (χ1v) is 19.7. The molecular weight excluding hydrogens is 540 g/mol. The number of aromatic nitrogens is 4. The highest BCUT2D eigenvalue weighted by molar-refractivity contribution is 6.76. The van der Waals surface area contributed by atoms with Crippen LogP contribution in [-0.2, 0) is 32.4 Å². The predicted octanol–water partition coefficient (Wildman–Crippen LogP) is 3.64. The van der Waals surface area contributed by atoms with Crippen molar-refractivity contribution in [2.45, 2.75) is 64.8 Å². The van der Waals surface area contributed by atoms with Crippen molar-refractivity contribution in [2.24, 2.45) is 5.16 Å². The van der Waals surface area contributed by atoms with Gasteiger partial charge in [-0.1, -0.05) is 44.4 Å². The van der Waals surface area contributed by atoms with Gasteiger partial charge in [0.1, 0.15) is 25.7 Å². The molecule has 13 nitrogen and oxygen atoms in total. The van der Waals surface area contributed by atoms with E-state index in [4.69, 9.17) is 19.9 Å². The Hall–Kier alpha value is -3.33. The van der Waals surface area contributed by atoms with Gasteiger partial charge in [0.15, 0.2) is 17.2 Å². The van der Waals surface area contributed by atoms with Crippen molar-refractivity contribution in [3.8, 4) is 6.07 Å². The largest absolute Gasteiger partial charge is 0.464 e. The summed E-state index contributed by atoms with van der Waals surface area (Å²) in [5, 5.41) is 20.5. The molecule has 0 aliphatic carbocycles. The van der Waals surface area contributed by atoms with E-state index in [0.29, 0.717) is 19.0 Å². The number of esters is 2. The molecular formula is C24H40N6O7Si2. The number of hydrogen-bond donors (Lipinski definition) is 1. The van der Waals surface area contributed by atoms with Gasteiger partial charge in [0, 0.05) is 41.8 Å². The van der Waals surface area contributed by atoms with E-state index in [9.17, 15) is 9.59 Å². The number of rotatable bonds is 13. The Morgan fingerprint density at radius 2 is 1.38 bits per heavy atom. The van der Waals surface area contributed by atoms with Gasteiger partial charge in [-0.25, -0.2) is 19.6 Å². The highest BCUT2D eigenvalue weighted by atomic mass is 28.3. The van der Waals surface area contributed by atoms with Crippen molar-refractivity contribution in [2.75, 3.05) is 27.4 Å². The van der Waals surface area contributed by atoms with Crippen LogP contribution in [0.15, 0.2) is 17.5 Å². The Morgan fingerprint density at radius 1 is 0.923 bits per heavy atom. The van der Waals surface area contributed by atoms with Gasteiger partial charge < -0.3 is 28.7 Å². The molecule has 0 saturated carbocycles. The summed E-state index contributed by atoms with van der Waals surface area (Å²) in [6, 6.07) is 4.02. The van der Waals surface area contributed by atoms with Crippen LogP contribution in [0, 0.1) is 11.3 Å². The smallest absolute Gasteiger partial charge is 0.358 e. The SMILES string of the molecule is COC(=O)c1cn(COCC[Si](C)(C)C)c(/C=N/O)n1.COC(=O)c1cn(COCC[Si](C)(C)C)c(C#N)n1. The number of ether oxygens (including phenoxy) is 4. The molecule has 0 atom stereocenters. The van der Waals surface area contributed by atoms with E-state index in [1.165, 1.54) is 31.2 Å². The van der Waals surface area contributed by atoms with E-state index in [2.05, 4.69) is 63.9 Å². The minimum atomic E-state index is -1.13. The Morgan fingerprint density at radius 3 is 1.82 bits per heavy atom. The minimum absolute atomic E-state index is 0.118. The summed E-state index contributed by atoms with van der Waals surface area (Å²) in [7, 11) is 0.301. The fourth-order valence-electron chi connectivity index (χ4n) is 2.78. The van der Waals surface area contributed by atoms with Gasteiger partial charge in [-0.2, -0.15) is 5.26 Å². The summed E-state index contributed by atoms with van der Waals surface area (Å²) in [5.41, 5.74) is 0.268. The number of nitriles is 1. The highest BCUT2D eigenvalue weighted by Gasteiger charge is 2.17. The zero-order valence-corrected chi connectivity index (χ0v) is 26.1. The molecule has 0 bridgehead atoms. The number of oxime groups is 1. The zero-order chi connectivity index (χ0) is 29.6. The minimum Gasteiger partial charge on any atom is -0.464 e. The number of hydrogen-bond acceptors (Lipinski definition) is 11. The molecule has 15 heteroatoms. The Balaban J connectivity index is 0.000000391. The second-order valence-electron chi connectivity index (χ2n) is 10.9. The Labute approximate surface area is 231 Å². The molecule has 0 saturated heterocycles. The Bertz CT molecular complexity index is 1140. The van der Waals surface area contributed by atoms with Crippen LogP contribution in [0.4, 0.5) is 0 Å². The molecule has 2 aromatic heterocycles. The summed E-state index contributed by atoms with van der Waals surface area (Å²) in [4.78, 5) is 30.6. The van der Waals surface area contributed by atoms with Gasteiger partial charge in [0.25, 0.3) is 0 Å². The van der Waals surface area contributed by atoms with Crippen LogP contribution in [-0.4, -0.2) is 86.0 Å². The van der Waals surface area contributed by atoms with Crippen LogP contribution < -0.4 is 0 Å². The van der Waals surface area contributed by atoms with E-state index in [0.717, 1.165) is 18.3 Å². The van der Waals surface area contributed by atoms with Crippen molar-refractivity contribution >= 4 is 34.3 Å². The maximum atomic E-state index is 11.4. The molecule has 0 aromatic carbocycles. The lowest BCUT2D eigenvalue weighted by atomic mass is 10.5. The maximum Gasteiger partial charge on any atom is 0.358 e. The fraction of sp³-hybridized carbons (Fsp3) is 0.583. The predicted molar refractivity (Wildman–Crippen MR) is 149 cm³/mol. The van der Waals surface area contributed by atoms with Gasteiger partial charge in [-0.15, -0.1) is 0 Å². The molecule has 0 amide bonds. The third kappa shape index (κ3) is 12.8. The first-order chi connectivity index (χ1) is 18.2. The summed E-state index contributed by atoms with van der Waals surface area (Å²) >= 11 is 0. The summed E-state index contributed by atoms with van der Waals surface area (Å²) in [5.74, 6) is -0.620. The normalized spacial score (nSPS) is 11.6. The fourth-order valence-corrected chi connectivity index (χ4v) is 4.29. The molecule has 216 valence electrons. The molecule has 0 aliphatic heterocycles. The number of imidazole rings is 2. The molecule has 0 aliphatic rings. The molecule has 2 aromatic rings. The maximum absolute atomic E-state index is 11.4. The number of carbonyl (C=O) groups is 2. The van der Waals surface area contributed by atoms with E-state index < -0.39 is 28.1 Å². The Kier molecular flexibility index (Phi) is 13.8. The first kappa shape index (κ1) is 33.7. The zero-order valence-electron chi connectivity index (χ0n) is 24.1. The van der Waals surface area contributed by atoms with Gasteiger partial charge in [-0.05, 0) is 12.1 Å². The molecule has 2 rings (SSSR count). The molecule has 1 N–H and O–H groups in total. The highest BCUT2D eigenvalue weighted by Crippen LogP contribution is 2.10. The van der Waals surface area contributed by atoms with Crippen molar-refractivity contribution in [3.05, 3.63) is 35.4 Å². The number of nitrogens with zero attached hydrogens (tertiary/aromatic N) is 6. The number of carbonyl (C=O) groups excluding carboxylic acids is 2. The van der Waals surface area contributed by atoms with Crippen LogP contribution in [0.1, 0.15) is 32.6 Å². The van der Waals surface area contributed by atoms with Crippen LogP contribution in [0.5, 0.6) is 0 Å². The van der Waals surface area contributed by atoms with Crippen molar-refractivity contribution in [1.29, 1.82) is 5.26 Å². The molecule has 0 unspecified atom stereocenters. The topological polar surface area (TPSA) is 163 Å². The summed E-state index contributed by atoms with van der Waals surface area (Å²) in [6.07, 6.45) is 4.13. The third-order valence-electron chi connectivity index (χ3n) is 5.10. The van der Waals surface area contributed by atoms with Gasteiger partial charge in [-0.3, -0.25) is 4.57 Å². The molecule has 2 heterocycles. The van der Waals surface area contributed by atoms with Crippen LogP contribution in [0.25, 0.3) is 0 Å².